The summed E-state index contributed by atoms with van der Waals surface area (Å²) in [5, 5.41) is 6.10. The van der Waals surface area contributed by atoms with E-state index in [4.69, 9.17) is 9.15 Å². The Morgan fingerprint density at radius 1 is 0.889 bits per heavy atom. The second kappa shape index (κ2) is 9.55. The number of allylic oxidation sites excluding steroid dienone is 1. The fraction of sp³-hybridized carbons (Fsp3) is 0.0968. The first-order valence-corrected chi connectivity index (χ1v) is 11.6. The molecule has 4 aromatic carbocycles. The Morgan fingerprint density at radius 2 is 1.69 bits per heavy atom. The quantitative estimate of drug-likeness (QED) is 0.204. The number of rotatable bonds is 6. The number of amides is 1. The molecule has 0 unspecified atom stereocenters. The van der Waals surface area contributed by atoms with Crippen LogP contribution in [0.2, 0.25) is 0 Å². The van der Waals surface area contributed by atoms with Crippen molar-refractivity contribution >= 4 is 44.7 Å². The van der Waals surface area contributed by atoms with Crippen LogP contribution >= 0.6 is 0 Å². The van der Waals surface area contributed by atoms with Gasteiger partial charge in [0.2, 0.25) is 5.91 Å². The van der Waals surface area contributed by atoms with Crippen molar-refractivity contribution in [2.45, 2.75) is 13.8 Å². The molecular weight excluding hydrogens is 450 g/mol. The Bertz CT molecular complexity index is 1660. The second-order valence-corrected chi connectivity index (χ2v) is 8.71. The molecule has 1 heterocycles. The summed E-state index contributed by atoms with van der Waals surface area (Å²) in [4.78, 5) is 24.4. The van der Waals surface area contributed by atoms with Gasteiger partial charge in [0.1, 0.15) is 11.3 Å². The molecule has 5 nitrogen and oxygen atoms in total. The number of nitrogens with one attached hydrogen (secondary N) is 1. The maximum atomic E-state index is 12.8. The van der Waals surface area contributed by atoms with Gasteiger partial charge in [0.05, 0.1) is 13.4 Å². The number of anilines is 1. The second-order valence-electron chi connectivity index (χ2n) is 8.71. The Morgan fingerprint density at radius 3 is 2.47 bits per heavy atom. The van der Waals surface area contributed by atoms with Crippen molar-refractivity contribution in [3.8, 4) is 16.9 Å². The fourth-order valence-electron chi connectivity index (χ4n) is 4.38. The Kier molecular flexibility index (Phi) is 6.13. The summed E-state index contributed by atoms with van der Waals surface area (Å²) >= 11 is 0. The lowest BCUT2D eigenvalue weighted by Gasteiger charge is -2.11. The van der Waals surface area contributed by atoms with E-state index in [0.717, 1.165) is 33.0 Å². The monoisotopic (exact) mass is 475 g/mol. The SMILES string of the molecule is COc1cc2occ(-c3ccc4ccccc4c3)c2cc1/C(C)=C/C(=O)Nc1cccc(C(C)=O)c1. The van der Waals surface area contributed by atoms with Gasteiger partial charge < -0.3 is 14.5 Å². The first-order valence-electron chi connectivity index (χ1n) is 11.6. The predicted molar refractivity (Wildman–Crippen MR) is 144 cm³/mol. The third-order valence-corrected chi connectivity index (χ3v) is 6.27. The predicted octanol–water partition coefficient (Wildman–Crippen LogP) is 7.51. The largest absolute Gasteiger partial charge is 0.496 e. The average Bonchev–Trinajstić information content (AvgIpc) is 3.30. The van der Waals surface area contributed by atoms with Crippen LogP contribution in [-0.2, 0) is 4.79 Å². The molecule has 0 bridgehead atoms. The highest BCUT2D eigenvalue weighted by atomic mass is 16.5. The van der Waals surface area contributed by atoms with E-state index >= 15 is 0 Å². The molecule has 1 aromatic heterocycles. The minimum absolute atomic E-state index is 0.0572. The molecule has 1 N–H and O–H groups in total. The molecule has 0 atom stereocenters. The van der Waals surface area contributed by atoms with E-state index in [0.29, 0.717) is 22.6 Å². The van der Waals surface area contributed by atoms with Crippen LogP contribution in [0.25, 0.3) is 38.4 Å². The van der Waals surface area contributed by atoms with E-state index in [-0.39, 0.29) is 11.7 Å². The number of ketones is 1. The van der Waals surface area contributed by atoms with Crippen LogP contribution in [0.5, 0.6) is 5.75 Å². The van der Waals surface area contributed by atoms with E-state index < -0.39 is 0 Å². The van der Waals surface area contributed by atoms with Crippen LogP contribution in [0.15, 0.2) is 95.6 Å². The topological polar surface area (TPSA) is 68.5 Å². The Labute approximate surface area is 209 Å². The zero-order valence-corrected chi connectivity index (χ0v) is 20.3. The van der Waals surface area contributed by atoms with Gasteiger partial charge in [-0.15, -0.1) is 0 Å². The van der Waals surface area contributed by atoms with Gasteiger partial charge in [-0.05, 0) is 60.0 Å². The summed E-state index contributed by atoms with van der Waals surface area (Å²) in [5.41, 5.74) is 5.36. The molecule has 36 heavy (non-hydrogen) atoms. The molecule has 0 fully saturated rings. The van der Waals surface area contributed by atoms with E-state index in [1.54, 1.807) is 37.6 Å². The van der Waals surface area contributed by atoms with Crippen LogP contribution in [0, 0.1) is 0 Å². The molecule has 0 spiro atoms. The summed E-state index contributed by atoms with van der Waals surface area (Å²) in [6, 6.07) is 25.3. The highest BCUT2D eigenvalue weighted by molar-refractivity contribution is 6.06. The Hall–Kier alpha value is -4.64. The number of furan rings is 1. The first kappa shape index (κ1) is 23.1. The number of benzene rings is 4. The number of fused-ring (bicyclic) bond motifs is 2. The number of hydrogen-bond acceptors (Lipinski definition) is 4. The summed E-state index contributed by atoms with van der Waals surface area (Å²) in [6.45, 7) is 3.36. The molecule has 0 aliphatic heterocycles. The molecule has 5 aromatic rings. The Balaban J connectivity index is 1.51. The molecule has 0 aliphatic rings. The standard InChI is InChI=1S/C31H25NO4/c1-19(13-31(34)32-25-10-6-9-22(15-25)20(2)33)26-16-27-28(18-36-30(27)17-29(26)35-3)24-12-11-21-7-4-5-8-23(21)14-24/h4-18H,1-3H3,(H,32,34)/b19-13+. The highest BCUT2D eigenvalue weighted by Crippen LogP contribution is 2.38. The van der Waals surface area contributed by atoms with Gasteiger partial charge in [-0.3, -0.25) is 9.59 Å². The maximum absolute atomic E-state index is 12.8. The van der Waals surface area contributed by atoms with Crippen LogP contribution in [0.4, 0.5) is 5.69 Å². The van der Waals surface area contributed by atoms with Gasteiger partial charge in [-0.25, -0.2) is 0 Å². The van der Waals surface area contributed by atoms with Crippen molar-refractivity contribution in [2.24, 2.45) is 0 Å². The van der Waals surface area contributed by atoms with Crippen molar-refractivity contribution in [2.75, 3.05) is 12.4 Å². The summed E-state index contributed by atoms with van der Waals surface area (Å²) < 4.78 is 11.5. The minimum Gasteiger partial charge on any atom is -0.496 e. The number of carbonyl (C=O) groups excluding carboxylic acids is 2. The van der Waals surface area contributed by atoms with Crippen molar-refractivity contribution < 1.29 is 18.7 Å². The smallest absolute Gasteiger partial charge is 0.248 e. The summed E-state index contributed by atoms with van der Waals surface area (Å²) in [5.74, 6) is 0.262. The molecule has 0 radical (unpaired) electrons. The van der Waals surface area contributed by atoms with E-state index in [1.807, 2.05) is 31.2 Å². The normalized spacial score (nSPS) is 11.6. The van der Waals surface area contributed by atoms with Gasteiger partial charge in [0.15, 0.2) is 5.78 Å². The molecule has 0 saturated heterocycles. The minimum atomic E-state index is -0.294. The zero-order chi connectivity index (χ0) is 25.2. The third-order valence-electron chi connectivity index (χ3n) is 6.27. The fourth-order valence-corrected chi connectivity index (χ4v) is 4.38. The van der Waals surface area contributed by atoms with E-state index in [1.165, 1.54) is 18.4 Å². The molecule has 5 heteroatoms. The zero-order valence-electron chi connectivity index (χ0n) is 20.3. The van der Waals surface area contributed by atoms with Crippen LogP contribution in [-0.4, -0.2) is 18.8 Å². The molecule has 0 saturated carbocycles. The lowest BCUT2D eigenvalue weighted by Crippen LogP contribution is -2.09. The molecule has 0 aliphatic carbocycles. The summed E-state index contributed by atoms with van der Waals surface area (Å²) in [7, 11) is 1.60. The number of ether oxygens (including phenoxy) is 1. The van der Waals surface area contributed by atoms with Gasteiger partial charge in [-0.1, -0.05) is 48.5 Å². The van der Waals surface area contributed by atoms with Crippen LogP contribution in [0.1, 0.15) is 29.8 Å². The van der Waals surface area contributed by atoms with Crippen LogP contribution in [0.3, 0.4) is 0 Å². The van der Waals surface area contributed by atoms with Gasteiger partial charge in [0, 0.05) is 39.9 Å². The molecule has 1 amide bonds. The van der Waals surface area contributed by atoms with Gasteiger partial charge >= 0.3 is 0 Å². The number of carbonyl (C=O) groups is 2. The number of Topliss-reactive ketones (excluding diaryl/α,β-unsaturated/α-hetero) is 1. The number of methoxy groups -OCH3 is 1. The van der Waals surface area contributed by atoms with Gasteiger partial charge in [-0.2, -0.15) is 0 Å². The number of hydrogen-bond donors (Lipinski definition) is 1. The van der Waals surface area contributed by atoms with Crippen LogP contribution < -0.4 is 10.1 Å². The average molecular weight is 476 g/mol. The van der Waals surface area contributed by atoms with Gasteiger partial charge in [0.25, 0.3) is 0 Å². The molecular formula is C31H25NO4. The summed E-state index contributed by atoms with van der Waals surface area (Å²) in [6.07, 6.45) is 3.28. The van der Waals surface area contributed by atoms with E-state index in [9.17, 15) is 9.59 Å². The first-order chi connectivity index (χ1) is 17.4. The van der Waals surface area contributed by atoms with Crippen molar-refractivity contribution in [1.29, 1.82) is 0 Å². The maximum Gasteiger partial charge on any atom is 0.248 e. The lowest BCUT2D eigenvalue weighted by molar-refractivity contribution is -0.111. The molecule has 5 rings (SSSR count). The highest BCUT2D eigenvalue weighted by Gasteiger charge is 2.15. The van der Waals surface area contributed by atoms with Crippen molar-refractivity contribution in [3.63, 3.8) is 0 Å². The van der Waals surface area contributed by atoms with Crippen molar-refractivity contribution in [1.82, 2.24) is 0 Å². The van der Waals surface area contributed by atoms with Crippen molar-refractivity contribution in [3.05, 3.63) is 102 Å². The molecule has 178 valence electrons. The lowest BCUT2D eigenvalue weighted by atomic mass is 9.97. The third kappa shape index (κ3) is 4.51. The van der Waals surface area contributed by atoms with E-state index in [2.05, 4.69) is 35.6 Å².